The van der Waals surface area contributed by atoms with Crippen LogP contribution in [0.15, 0.2) is 24.3 Å². The van der Waals surface area contributed by atoms with E-state index >= 15 is 0 Å². The number of rotatable bonds is 2. The molecular weight excluding hydrogens is 170 g/mol. The summed E-state index contributed by atoms with van der Waals surface area (Å²) in [5, 5.41) is 0. The highest BCUT2D eigenvalue weighted by atomic mass is 31.0. The second-order valence-electron chi connectivity index (χ2n) is 2.75. The first-order chi connectivity index (χ1) is 5.24. The summed E-state index contributed by atoms with van der Waals surface area (Å²) >= 11 is 0. The van der Waals surface area contributed by atoms with Gasteiger partial charge in [-0.25, -0.2) is 0 Å². The summed E-state index contributed by atoms with van der Waals surface area (Å²) in [4.78, 5) is 0. The Morgan fingerprint density at radius 3 is 2.27 bits per heavy atom. The highest BCUT2D eigenvalue weighted by molar-refractivity contribution is 7.22. The first kappa shape index (κ1) is 9.17. The quantitative estimate of drug-likeness (QED) is 0.620. The van der Waals surface area contributed by atoms with Crippen LogP contribution in [-0.4, -0.2) is 6.16 Å². The molecule has 0 nitrogen and oxygen atoms in total. The van der Waals surface area contributed by atoms with Gasteiger partial charge in [0.25, 0.3) is 0 Å². The van der Waals surface area contributed by atoms with Crippen molar-refractivity contribution in [3.8, 4) is 0 Å². The molecule has 0 aliphatic carbocycles. The van der Waals surface area contributed by atoms with Gasteiger partial charge in [0.15, 0.2) is 0 Å². The molecule has 60 valence electrons. The Hall–Kier alpha value is 0.0800. The maximum absolute atomic E-state index is 2.84. The molecule has 1 aromatic rings. The molecule has 0 heterocycles. The van der Waals surface area contributed by atoms with Crippen LogP contribution in [0.5, 0.6) is 0 Å². The summed E-state index contributed by atoms with van der Waals surface area (Å²) in [6, 6.07) is 8.70. The molecule has 2 heteroatoms. The molecule has 1 aromatic carbocycles. The lowest BCUT2D eigenvalue weighted by Gasteiger charge is -2.07. The summed E-state index contributed by atoms with van der Waals surface area (Å²) in [6.45, 7) is 2.11. The van der Waals surface area contributed by atoms with E-state index in [1.54, 1.807) is 0 Å². The van der Waals surface area contributed by atoms with Crippen LogP contribution < -0.4 is 0 Å². The van der Waals surface area contributed by atoms with Crippen LogP contribution >= 0.6 is 18.5 Å². The van der Waals surface area contributed by atoms with Gasteiger partial charge < -0.3 is 0 Å². The van der Waals surface area contributed by atoms with Gasteiger partial charge in [-0.3, -0.25) is 0 Å². The summed E-state index contributed by atoms with van der Waals surface area (Å²) in [7, 11) is 5.60. The van der Waals surface area contributed by atoms with Crippen molar-refractivity contribution in [2.24, 2.45) is 0 Å². The van der Waals surface area contributed by atoms with E-state index in [-0.39, 0.29) is 0 Å². The van der Waals surface area contributed by atoms with Gasteiger partial charge in [-0.15, -0.1) is 18.5 Å². The zero-order valence-electron chi connectivity index (χ0n) is 6.75. The van der Waals surface area contributed by atoms with E-state index in [9.17, 15) is 0 Å². The van der Waals surface area contributed by atoms with Crippen molar-refractivity contribution in [1.29, 1.82) is 0 Å². The van der Waals surface area contributed by atoms with Crippen LogP contribution in [0.25, 0.3) is 0 Å². The maximum atomic E-state index is 2.84. The predicted molar refractivity (Wildman–Crippen MR) is 58.2 cm³/mol. The summed E-state index contributed by atoms with van der Waals surface area (Å²) < 4.78 is 0. The molecule has 0 bridgehead atoms. The van der Waals surface area contributed by atoms with E-state index in [1.807, 2.05) is 0 Å². The molecule has 0 saturated carbocycles. The van der Waals surface area contributed by atoms with Crippen LogP contribution in [0.1, 0.15) is 16.8 Å². The van der Waals surface area contributed by atoms with Crippen LogP contribution in [0.3, 0.4) is 0 Å². The van der Waals surface area contributed by atoms with Crippen LogP contribution in [0.2, 0.25) is 0 Å². The minimum absolute atomic E-state index is 0.584. The Morgan fingerprint density at radius 2 is 1.82 bits per heavy atom. The fourth-order valence-corrected chi connectivity index (χ4v) is 1.44. The second-order valence-corrected chi connectivity index (χ2v) is 4.03. The zero-order valence-corrected chi connectivity index (χ0v) is 9.06. The van der Waals surface area contributed by atoms with Crippen molar-refractivity contribution in [3.63, 3.8) is 0 Å². The molecule has 3 atom stereocenters. The molecule has 3 unspecified atom stereocenters. The lowest BCUT2D eigenvalue weighted by Crippen LogP contribution is -1.89. The van der Waals surface area contributed by atoms with E-state index in [1.165, 1.54) is 11.1 Å². The highest BCUT2D eigenvalue weighted by Crippen LogP contribution is 2.24. The summed E-state index contributed by atoms with van der Waals surface area (Å²) in [5.74, 6) is 0. The molecule has 1 rings (SSSR count). The summed E-state index contributed by atoms with van der Waals surface area (Å²) in [6.07, 6.45) is 1.10. The smallest absolute Gasteiger partial charge is 0.00198 e. The van der Waals surface area contributed by atoms with Crippen LogP contribution in [-0.2, 0) is 0 Å². The van der Waals surface area contributed by atoms with Gasteiger partial charge in [0.2, 0.25) is 0 Å². The van der Waals surface area contributed by atoms with E-state index in [4.69, 9.17) is 0 Å². The van der Waals surface area contributed by atoms with Gasteiger partial charge in [-0.1, -0.05) is 29.8 Å². The molecule has 0 radical (unpaired) electrons. The van der Waals surface area contributed by atoms with E-state index in [2.05, 4.69) is 49.7 Å². The Bertz CT molecular complexity index is 216. The van der Waals surface area contributed by atoms with Crippen LogP contribution in [0, 0.1) is 6.92 Å². The fourth-order valence-electron chi connectivity index (χ4n) is 0.950. The molecular formula is C9H14P2. The summed E-state index contributed by atoms with van der Waals surface area (Å²) in [5.41, 5.74) is 3.31. The molecule has 0 spiro atoms. The second kappa shape index (κ2) is 4.19. The molecule has 0 amide bonds. The van der Waals surface area contributed by atoms with E-state index < -0.39 is 0 Å². The number of hydrogen-bond acceptors (Lipinski definition) is 0. The average molecular weight is 184 g/mol. The monoisotopic (exact) mass is 184 g/mol. The first-order valence-corrected chi connectivity index (χ1v) is 5.24. The molecule has 0 N–H and O–H groups in total. The Balaban J connectivity index is 2.81. The lowest BCUT2D eigenvalue weighted by molar-refractivity contribution is 1.12. The molecule has 0 aliphatic rings. The van der Waals surface area contributed by atoms with Crippen molar-refractivity contribution in [2.45, 2.75) is 12.6 Å². The third-order valence-corrected chi connectivity index (χ3v) is 3.47. The third-order valence-electron chi connectivity index (χ3n) is 1.76. The SMILES string of the molecule is Cc1ccc(C(P)CP)cc1. The predicted octanol–water partition coefficient (Wildman–Crippen LogP) is 2.79. The van der Waals surface area contributed by atoms with Gasteiger partial charge in [-0.2, -0.15) is 0 Å². The van der Waals surface area contributed by atoms with E-state index in [0.29, 0.717) is 5.66 Å². The largest absolute Gasteiger partial charge is 0.137 e. The van der Waals surface area contributed by atoms with Gasteiger partial charge in [0.1, 0.15) is 0 Å². The minimum atomic E-state index is 0.584. The number of hydrogen-bond donors (Lipinski definition) is 0. The molecule has 11 heavy (non-hydrogen) atoms. The molecule has 0 aromatic heterocycles. The molecule has 0 fully saturated rings. The first-order valence-electron chi connectivity index (χ1n) is 3.76. The van der Waals surface area contributed by atoms with Crippen molar-refractivity contribution < 1.29 is 0 Å². The minimum Gasteiger partial charge on any atom is -0.137 e. The molecule has 0 aliphatic heterocycles. The fraction of sp³-hybridized carbons (Fsp3) is 0.333. The van der Waals surface area contributed by atoms with Crippen molar-refractivity contribution in [2.75, 3.05) is 6.16 Å². The van der Waals surface area contributed by atoms with Crippen molar-refractivity contribution in [1.82, 2.24) is 0 Å². The average Bonchev–Trinajstić information content (AvgIpc) is 2.05. The Labute approximate surface area is 73.2 Å². The van der Waals surface area contributed by atoms with Gasteiger partial charge >= 0.3 is 0 Å². The molecule has 0 saturated heterocycles. The standard InChI is InChI=1S/C9H14P2/c1-7-2-4-8(5-3-7)9(11)6-10/h2-5,9H,6,10-11H2,1H3. The third kappa shape index (κ3) is 2.55. The van der Waals surface area contributed by atoms with Crippen molar-refractivity contribution >= 4 is 18.5 Å². The maximum Gasteiger partial charge on any atom is 0.00198 e. The van der Waals surface area contributed by atoms with Gasteiger partial charge in [0, 0.05) is 5.66 Å². The lowest BCUT2D eigenvalue weighted by atomic mass is 10.1. The number of benzene rings is 1. The van der Waals surface area contributed by atoms with Crippen LogP contribution in [0.4, 0.5) is 0 Å². The zero-order chi connectivity index (χ0) is 8.27. The van der Waals surface area contributed by atoms with Gasteiger partial charge in [0.05, 0.1) is 0 Å². The number of aryl methyl sites for hydroxylation is 1. The normalized spacial score (nSPS) is 13.0. The highest BCUT2D eigenvalue weighted by Gasteiger charge is 2.00. The van der Waals surface area contributed by atoms with E-state index in [0.717, 1.165) is 6.16 Å². The Kier molecular flexibility index (Phi) is 3.49. The van der Waals surface area contributed by atoms with Gasteiger partial charge in [-0.05, 0) is 18.6 Å². The van der Waals surface area contributed by atoms with Crippen molar-refractivity contribution in [3.05, 3.63) is 35.4 Å². The Morgan fingerprint density at radius 1 is 1.27 bits per heavy atom. The topological polar surface area (TPSA) is 0 Å².